The van der Waals surface area contributed by atoms with Gasteiger partial charge in [0.05, 0.1) is 20.5 Å². The standard InChI is InChI=1S/C16H10Cl2FN3O3S2/c17-12-8-13(18)14(19)7-11(12)15(23)21-9-1-3-10(4-2-9)27(24,25)22-16-20-5-6-26-16/h1-8H,(H,20,22)(H,21,23). The summed E-state index contributed by atoms with van der Waals surface area (Å²) in [7, 11) is -3.80. The number of aromatic nitrogens is 1. The van der Waals surface area contributed by atoms with Crippen molar-refractivity contribution < 1.29 is 17.6 Å². The molecule has 1 aromatic heterocycles. The van der Waals surface area contributed by atoms with E-state index in [1.54, 1.807) is 5.38 Å². The molecule has 0 bridgehead atoms. The monoisotopic (exact) mass is 445 g/mol. The van der Waals surface area contributed by atoms with Crippen molar-refractivity contribution in [1.29, 1.82) is 0 Å². The molecule has 0 saturated heterocycles. The number of sulfonamides is 1. The first kappa shape index (κ1) is 19.6. The lowest BCUT2D eigenvalue weighted by atomic mass is 10.2. The molecule has 27 heavy (non-hydrogen) atoms. The van der Waals surface area contributed by atoms with Gasteiger partial charge in [-0.05, 0) is 36.4 Å². The van der Waals surface area contributed by atoms with Crippen LogP contribution in [0.15, 0.2) is 52.9 Å². The molecule has 3 rings (SSSR count). The largest absolute Gasteiger partial charge is 0.322 e. The van der Waals surface area contributed by atoms with E-state index in [1.807, 2.05) is 0 Å². The number of thiazole rings is 1. The summed E-state index contributed by atoms with van der Waals surface area (Å²) in [4.78, 5) is 16.1. The molecule has 0 atom stereocenters. The summed E-state index contributed by atoms with van der Waals surface area (Å²) >= 11 is 12.7. The molecular weight excluding hydrogens is 436 g/mol. The fourth-order valence-corrected chi connectivity index (χ4v) is 4.32. The van der Waals surface area contributed by atoms with Crippen molar-refractivity contribution in [3.05, 3.63) is 69.4 Å². The minimum absolute atomic E-state index is 0.00808. The maximum Gasteiger partial charge on any atom is 0.263 e. The molecule has 11 heteroatoms. The highest BCUT2D eigenvalue weighted by Gasteiger charge is 2.17. The van der Waals surface area contributed by atoms with Crippen LogP contribution in [0.2, 0.25) is 10.0 Å². The van der Waals surface area contributed by atoms with Crippen LogP contribution in [0.1, 0.15) is 10.4 Å². The number of carbonyl (C=O) groups is 1. The minimum atomic E-state index is -3.80. The average Bonchev–Trinajstić information content (AvgIpc) is 3.10. The molecule has 0 aliphatic rings. The summed E-state index contributed by atoms with van der Waals surface area (Å²) in [5.74, 6) is -1.44. The Morgan fingerprint density at radius 1 is 1.11 bits per heavy atom. The molecule has 2 N–H and O–H groups in total. The Balaban J connectivity index is 1.76. The number of hydrogen-bond donors (Lipinski definition) is 2. The van der Waals surface area contributed by atoms with Crippen molar-refractivity contribution in [2.75, 3.05) is 10.0 Å². The number of nitrogens with one attached hydrogen (secondary N) is 2. The van der Waals surface area contributed by atoms with E-state index in [0.29, 0.717) is 5.69 Å². The number of rotatable bonds is 5. The molecule has 0 fully saturated rings. The third kappa shape index (κ3) is 4.56. The zero-order chi connectivity index (χ0) is 19.6. The fraction of sp³-hybridized carbons (Fsp3) is 0. The highest BCUT2D eigenvalue weighted by atomic mass is 35.5. The van der Waals surface area contributed by atoms with Crippen LogP contribution in [0.4, 0.5) is 15.2 Å². The van der Waals surface area contributed by atoms with Crippen LogP contribution in [-0.4, -0.2) is 19.3 Å². The van der Waals surface area contributed by atoms with Crippen LogP contribution in [0.25, 0.3) is 0 Å². The fourth-order valence-electron chi connectivity index (χ4n) is 2.06. The van der Waals surface area contributed by atoms with Crippen LogP contribution < -0.4 is 10.0 Å². The third-order valence-electron chi connectivity index (χ3n) is 3.33. The van der Waals surface area contributed by atoms with Gasteiger partial charge in [-0.2, -0.15) is 0 Å². The van der Waals surface area contributed by atoms with Gasteiger partial charge < -0.3 is 5.32 Å². The molecule has 0 aliphatic heterocycles. The second kappa shape index (κ2) is 7.81. The third-order valence-corrected chi connectivity index (χ3v) is 6.11. The van der Waals surface area contributed by atoms with Crippen LogP contribution in [0.5, 0.6) is 0 Å². The second-order valence-electron chi connectivity index (χ2n) is 5.17. The number of hydrogen-bond acceptors (Lipinski definition) is 5. The second-order valence-corrected chi connectivity index (χ2v) is 8.56. The quantitative estimate of drug-likeness (QED) is 0.559. The molecule has 0 saturated carbocycles. The van der Waals surface area contributed by atoms with E-state index in [4.69, 9.17) is 23.2 Å². The molecule has 3 aromatic rings. The molecule has 0 unspecified atom stereocenters. The van der Waals surface area contributed by atoms with Gasteiger partial charge in [0.1, 0.15) is 5.82 Å². The van der Waals surface area contributed by atoms with Gasteiger partial charge in [-0.25, -0.2) is 17.8 Å². The van der Waals surface area contributed by atoms with Crippen molar-refractivity contribution in [2.24, 2.45) is 0 Å². The van der Waals surface area contributed by atoms with Gasteiger partial charge in [0, 0.05) is 17.3 Å². The molecule has 1 heterocycles. The minimum Gasteiger partial charge on any atom is -0.322 e. The Morgan fingerprint density at radius 3 is 2.44 bits per heavy atom. The predicted octanol–water partition coefficient (Wildman–Crippen LogP) is 4.64. The molecule has 1 amide bonds. The topological polar surface area (TPSA) is 88.2 Å². The number of carbonyl (C=O) groups excluding carboxylic acids is 1. The lowest BCUT2D eigenvalue weighted by Crippen LogP contribution is -2.14. The summed E-state index contributed by atoms with van der Waals surface area (Å²) in [6, 6.07) is 7.48. The van der Waals surface area contributed by atoms with E-state index in [-0.39, 0.29) is 25.6 Å². The van der Waals surface area contributed by atoms with Crippen molar-refractivity contribution in [2.45, 2.75) is 4.90 Å². The van der Waals surface area contributed by atoms with Gasteiger partial charge in [-0.15, -0.1) is 11.3 Å². The van der Waals surface area contributed by atoms with E-state index in [2.05, 4.69) is 15.0 Å². The number of anilines is 2. The molecule has 2 aromatic carbocycles. The predicted molar refractivity (Wildman–Crippen MR) is 104 cm³/mol. The Bertz CT molecular complexity index is 1090. The molecular formula is C16H10Cl2FN3O3S2. The van der Waals surface area contributed by atoms with Gasteiger partial charge in [0.25, 0.3) is 15.9 Å². The normalized spacial score (nSPS) is 11.2. The first-order valence-corrected chi connectivity index (χ1v) is 10.4. The zero-order valence-electron chi connectivity index (χ0n) is 13.2. The van der Waals surface area contributed by atoms with Crippen molar-refractivity contribution in [3.8, 4) is 0 Å². The number of benzene rings is 2. The average molecular weight is 446 g/mol. The zero-order valence-corrected chi connectivity index (χ0v) is 16.4. The number of amides is 1. The molecule has 0 aliphatic carbocycles. The smallest absolute Gasteiger partial charge is 0.263 e. The first-order chi connectivity index (χ1) is 12.8. The molecule has 0 spiro atoms. The summed E-state index contributed by atoms with van der Waals surface area (Å²) in [5.41, 5.74) is 0.209. The van der Waals surface area contributed by atoms with E-state index < -0.39 is 21.7 Å². The SMILES string of the molecule is O=C(Nc1ccc(S(=O)(=O)Nc2nccs2)cc1)c1cc(F)c(Cl)cc1Cl. The van der Waals surface area contributed by atoms with Gasteiger partial charge in [0.15, 0.2) is 5.13 Å². The Kier molecular flexibility index (Phi) is 5.66. The Morgan fingerprint density at radius 2 is 1.81 bits per heavy atom. The summed E-state index contributed by atoms with van der Waals surface area (Å²) in [5, 5.41) is 4.19. The lowest BCUT2D eigenvalue weighted by Gasteiger charge is -2.09. The van der Waals surface area contributed by atoms with Crippen molar-refractivity contribution >= 4 is 61.3 Å². The number of halogens is 3. The van der Waals surface area contributed by atoms with Crippen molar-refractivity contribution in [3.63, 3.8) is 0 Å². The van der Waals surface area contributed by atoms with Gasteiger partial charge in [0.2, 0.25) is 0 Å². The Hall–Kier alpha value is -2.20. The highest BCUT2D eigenvalue weighted by Crippen LogP contribution is 2.25. The summed E-state index contributed by atoms with van der Waals surface area (Å²) < 4.78 is 40.4. The maximum absolute atomic E-state index is 13.5. The molecule has 140 valence electrons. The summed E-state index contributed by atoms with van der Waals surface area (Å²) in [6.07, 6.45) is 1.48. The van der Waals surface area contributed by atoms with E-state index in [1.165, 1.54) is 30.5 Å². The lowest BCUT2D eigenvalue weighted by molar-refractivity contribution is 0.102. The Labute approximate surface area is 168 Å². The van der Waals surface area contributed by atoms with Crippen LogP contribution in [0, 0.1) is 5.82 Å². The van der Waals surface area contributed by atoms with Crippen LogP contribution >= 0.6 is 34.5 Å². The van der Waals surface area contributed by atoms with Gasteiger partial charge in [-0.3, -0.25) is 9.52 Å². The molecule has 6 nitrogen and oxygen atoms in total. The maximum atomic E-state index is 13.5. The van der Waals surface area contributed by atoms with Gasteiger partial charge >= 0.3 is 0 Å². The van der Waals surface area contributed by atoms with Crippen LogP contribution in [0.3, 0.4) is 0 Å². The van der Waals surface area contributed by atoms with Crippen molar-refractivity contribution in [1.82, 2.24) is 4.98 Å². The van der Waals surface area contributed by atoms with Gasteiger partial charge in [-0.1, -0.05) is 23.2 Å². The van der Waals surface area contributed by atoms with E-state index >= 15 is 0 Å². The van der Waals surface area contributed by atoms with Crippen LogP contribution in [-0.2, 0) is 10.0 Å². The van der Waals surface area contributed by atoms with E-state index in [9.17, 15) is 17.6 Å². The highest BCUT2D eigenvalue weighted by molar-refractivity contribution is 7.93. The first-order valence-electron chi connectivity index (χ1n) is 7.24. The summed E-state index contributed by atoms with van der Waals surface area (Å²) in [6.45, 7) is 0. The number of nitrogens with zero attached hydrogens (tertiary/aromatic N) is 1. The van der Waals surface area contributed by atoms with E-state index in [0.717, 1.165) is 23.5 Å². The molecule has 0 radical (unpaired) electrons.